The summed E-state index contributed by atoms with van der Waals surface area (Å²) in [5.74, 6) is -26.2. The van der Waals surface area contributed by atoms with Crippen LogP contribution in [0.25, 0.3) is 11.1 Å². The maximum atomic E-state index is 13.9. The van der Waals surface area contributed by atoms with Crippen LogP contribution in [-0.2, 0) is 0 Å². The van der Waals surface area contributed by atoms with Crippen molar-refractivity contribution in [2.24, 2.45) is 0 Å². The van der Waals surface area contributed by atoms with Gasteiger partial charge in [-0.25, -0.2) is 43.9 Å². The number of nitriles is 2. The van der Waals surface area contributed by atoms with Crippen molar-refractivity contribution in [3.05, 3.63) is 69.3 Å². The molecular formula is C16F10N2. The molecule has 0 amide bonds. The Morgan fingerprint density at radius 3 is 0.750 bits per heavy atom. The minimum absolute atomic E-state index is 0.781. The van der Waals surface area contributed by atoms with Gasteiger partial charge in [-0.05, 0) is 0 Å². The highest BCUT2D eigenvalue weighted by Crippen LogP contribution is 2.36. The molecule has 2 aromatic carbocycles. The molecule has 0 saturated heterocycles. The summed E-state index contributed by atoms with van der Waals surface area (Å²) >= 11 is 0. The van der Waals surface area contributed by atoms with Gasteiger partial charge in [-0.1, -0.05) is 0 Å². The molecule has 2 rings (SSSR count). The van der Waals surface area contributed by atoms with E-state index in [9.17, 15) is 43.9 Å². The maximum absolute atomic E-state index is 13.9. The largest absolute Gasteiger partial charge is 0.203 e. The van der Waals surface area contributed by atoms with Crippen LogP contribution in [0.4, 0.5) is 43.9 Å². The Morgan fingerprint density at radius 2 is 0.571 bits per heavy atom. The third-order valence-electron chi connectivity index (χ3n) is 3.39. The van der Waals surface area contributed by atoms with Crippen LogP contribution in [0.15, 0.2) is 0 Å². The Kier molecular flexibility index (Phi) is 5.36. The van der Waals surface area contributed by atoms with Crippen molar-refractivity contribution in [2.45, 2.75) is 0 Å². The average Bonchev–Trinajstić information content (AvgIpc) is 2.68. The summed E-state index contributed by atoms with van der Waals surface area (Å²) in [7, 11) is 0. The van der Waals surface area contributed by atoms with E-state index in [-0.39, 0.29) is 0 Å². The van der Waals surface area contributed by atoms with Crippen LogP contribution < -0.4 is 0 Å². The van der Waals surface area contributed by atoms with Crippen LogP contribution in [0.2, 0.25) is 0 Å². The molecule has 12 heteroatoms. The molecule has 0 radical (unpaired) electrons. The van der Waals surface area contributed by atoms with Gasteiger partial charge in [-0.15, -0.1) is 0 Å². The van der Waals surface area contributed by atoms with E-state index in [2.05, 4.69) is 0 Å². The van der Waals surface area contributed by atoms with Gasteiger partial charge in [-0.2, -0.15) is 10.5 Å². The molecule has 0 aliphatic rings. The summed E-state index contributed by atoms with van der Waals surface area (Å²) in [6.07, 6.45) is 0. The first-order chi connectivity index (χ1) is 13.0. The van der Waals surface area contributed by atoms with Crippen LogP contribution in [0.5, 0.6) is 0 Å². The quantitative estimate of drug-likeness (QED) is 0.229. The van der Waals surface area contributed by atoms with E-state index >= 15 is 0 Å². The van der Waals surface area contributed by atoms with Gasteiger partial charge in [0.1, 0.15) is 12.1 Å². The Morgan fingerprint density at radius 1 is 0.393 bits per heavy atom. The Hall–Kier alpha value is -3.54. The zero-order chi connectivity index (χ0) is 21.5. The van der Waals surface area contributed by atoms with Crippen molar-refractivity contribution in [1.29, 1.82) is 10.5 Å². The monoisotopic (exact) mass is 410 g/mol. The summed E-state index contributed by atoms with van der Waals surface area (Å²) in [5.41, 5.74) is -7.87. The molecule has 144 valence electrons. The second-order valence-corrected chi connectivity index (χ2v) is 4.86. The van der Waals surface area contributed by atoms with Crippen LogP contribution >= 0.6 is 0 Å². The van der Waals surface area contributed by atoms with Crippen molar-refractivity contribution in [1.82, 2.24) is 0 Å². The van der Waals surface area contributed by atoms with Crippen LogP contribution in [-0.4, -0.2) is 0 Å². The fraction of sp³-hybridized carbons (Fsp3) is 0. The Balaban J connectivity index is 3.10. The molecule has 28 heavy (non-hydrogen) atoms. The number of nitrogens with zero attached hydrogens (tertiary/aromatic N) is 2. The van der Waals surface area contributed by atoms with Gasteiger partial charge < -0.3 is 0 Å². The molecule has 0 heterocycles. The molecular weight excluding hydrogens is 410 g/mol. The third kappa shape index (κ3) is 2.83. The lowest BCUT2D eigenvalue weighted by Gasteiger charge is -2.11. The van der Waals surface area contributed by atoms with Crippen molar-refractivity contribution in [3.8, 4) is 12.1 Å². The van der Waals surface area contributed by atoms with E-state index in [4.69, 9.17) is 10.5 Å². The minimum Gasteiger partial charge on any atom is -0.203 e. The molecule has 0 fully saturated rings. The minimum atomic E-state index is -2.66. The van der Waals surface area contributed by atoms with Gasteiger partial charge in [0.25, 0.3) is 0 Å². The fourth-order valence-corrected chi connectivity index (χ4v) is 2.12. The number of benzene rings is 2. The number of hydrogen-bond acceptors (Lipinski definition) is 2. The average molecular weight is 410 g/mol. The van der Waals surface area contributed by atoms with Crippen molar-refractivity contribution in [3.63, 3.8) is 0 Å². The van der Waals surface area contributed by atoms with Gasteiger partial charge in [0, 0.05) is 0 Å². The topological polar surface area (TPSA) is 47.6 Å². The summed E-state index contributed by atoms with van der Waals surface area (Å²) in [5, 5.41) is 18.0. The first-order valence-electron chi connectivity index (χ1n) is 6.59. The van der Waals surface area contributed by atoms with Gasteiger partial charge in [0.15, 0.2) is 46.5 Å². The molecule has 0 aliphatic carbocycles. The first kappa shape index (κ1) is 20.8. The maximum Gasteiger partial charge on any atom is 0.200 e. The van der Waals surface area contributed by atoms with Crippen molar-refractivity contribution < 1.29 is 43.9 Å². The van der Waals surface area contributed by atoms with E-state index in [0.29, 0.717) is 0 Å². The van der Waals surface area contributed by atoms with Gasteiger partial charge in [-0.3, -0.25) is 0 Å². The highest BCUT2D eigenvalue weighted by Gasteiger charge is 2.33. The summed E-state index contributed by atoms with van der Waals surface area (Å²) in [4.78, 5) is 0. The fourth-order valence-electron chi connectivity index (χ4n) is 2.12. The molecule has 0 N–H and O–H groups in total. The highest BCUT2D eigenvalue weighted by atomic mass is 19.2. The van der Waals surface area contributed by atoms with E-state index in [1.54, 1.807) is 0 Å². The molecule has 0 atom stereocenters. The number of halogens is 10. The molecule has 0 unspecified atom stereocenters. The van der Waals surface area contributed by atoms with E-state index in [1.165, 1.54) is 0 Å². The van der Waals surface area contributed by atoms with Crippen LogP contribution in [0.1, 0.15) is 11.1 Å². The SMILES string of the molecule is N#C/C(=C(/C#N)c1c(F)c(F)c(F)c(F)c1F)c1c(F)c(F)c(F)c(F)c1F. The first-order valence-corrected chi connectivity index (χ1v) is 6.59. The normalized spacial score (nSPS) is 11.7. The van der Waals surface area contributed by atoms with E-state index in [0.717, 1.165) is 12.1 Å². The van der Waals surface area contributed by atoms with E-state index in [1.807, 2.05) is 0 Å². The van der Waals surface area contributed by atoms with Crippen molar-refractivity contribution >= 4 is 11.1 Å². The summed E-state index contributed by atoms with van der Waals surface area (Å²) in [6.45, 7) is 0. The second-order valence-electron chi connectivity index (χ2n) is 4.86. The van der Waals surface area contributed by atoms with Crippen molar-refractivity contribution in [2.75, 3.05) is 0 Å². The zero-order valence-electron chi connectivity index (χ0n) is 12.7. The molecule has 2 nitrogen and oxygen atoms in total. The lowest BCUT2D eigenvalue weighted by atomic mass is 9.94. The second kappa shape index (κ2) is 7.23. The number of rotatable bonds is 2. The Bertz CT molecular complexity index is 991. The lowest BCUT2D eigenvalue weighted by molar-refractivity contribution is 0.375. The predicted octanol–water partition coefficient (Wildman–Crippen LogP) is 5.04. The van der Waals surface area contributed by atoms with Gasteiger partial charge in [0.05, 0.1) is 22.3 Å². The summed E-state index contributed by atoms with van der Waals surface area (Å²) in [6, 6.07) is 1.56. The predicted molar refractivity (Wildman–Crippen MR) is 70.5 cm³/mol. The van der Waals surface area contributed by atoms with Gasteiger partial charge in [0.2, 0.25) is 11.6 Å². The smallest absolute Gasteiger partial charge is 0.200 e. The molecule has 0 spiro atoms. The molecule has 0 saturated carbocycles. The molecule has 2 aromatic rings. The third-order valence-corrected chi connectivity index (χ3v) is 3.39. The van der Waals surface area contributed by atoms with Crippen LogP contribution in [0.3, 0.4) is 0 Å². The standard InChI is InChI=1S/C16F10N2/c17-7-5(8(18)12(22)15(25)11(7)21)3(1-27)4(2-28)6-9(19)13(23)16(26)14(24)10(6)20/b4-3+. The number of allylic oxidation sites excluding steroid dienone is 2. The molecule has 0 aliphatic heterocycles. The van der Waals surface area contributed by atoms with Crippen LogP contribution in [0, 0.1) is 80.8 Å². The highest BCUT2D eigenvalue weighted by molar-refractivity contribution is 6.03. The molecule has 0 aromatic heterocycles. The zero-order valence-corrected chi connectivity index (χ0v) is 12.7. The summed E-state index contributed by atoms with van der Waals surface area (Å²) < 4.78 is 135. The number of hydrogen-bond donors (Lipinski definition) is 0. The molecule has 0 bridgehead atoms. The lowest BCUT2D eigenvalue weighted by Crippen LogP contribution is -2.10. The Labute approximate surface area is 148 Å². The van der Waals surface area contributed by atoms with E-state index < -0.39 is 80.4 Å². The van der Waals surface area contributed by atoms with Gasteiger partial charge >= 0.3 is 0 Å².